The first kappa shape index (κ1) is 19.0. The van der Waals surface area contributed by atoms with Gasteiger partial charge in [-0.2, -0.15) is 0 Å². The lowest BCUT2D eigenvalue weighted by molar-refractivity contribution is -0.0373. The largest absolute Gasteiger partial charge is 0.487 e. The molecule has 0 bridgehead atoms. The monoisotopic (exact) mass is 397 g/mol. The van der Waals surface area contributed by atoms with Crippen LogP contribution in [0.5, 0.6) is 5.75 Å². The van der Waals surface area contributed by atoms with E-state index in [0.29, 0.717) is 17.8 Å². The fourth-order valence-corrected chi connectivity index (χ4v) is 5.72. The van der Waals surface area contributed by atoms with E-state index in [0.717, 1.165) is 60.8 Å². The number of furan rings is 1. The van der Waals surface area contributed by atoms with Crippen molar-refractivity contribution in [3.8, 4) is 5.75 Å². The number of carbonyl (C=O) groups excluding carboxylic acids is 1. The highest BCUT2D eigenvalue weighted by molar-refractivity contribution is 6.00. The highest BCUT2D eigenvalue weighted by Crippen LogP contribution is 2.49. The van der Waals surface area contributed by atoms with Crippen molar-refractivity contribution in [2.75, 3.05) is 0 Å². The summed E-state index contributed by atoms with van der Waals surface area (Å²) >= 11 is 0. The Labute approximate surface area is 171 Å². The van der Waals surface area contributed by atoms with Gasteiger partial charge in [-0.3, -0.25) is 4.79 Å². The van der Waals surface area contributed by atoms with E-state index < -0.39 is 6.10 Å². The molecule has 2 fully saturated rings. The minimum atomic E-state index is -0.592. The number of aryl methyl sites for hydroxylation is 1. The van der Waals surface area contributed by atoms with Crippen LogP contribution in [0.3, 0.4) is 0 Å². The maximum absolute atomic E-state index is 12.9. The molecule has 0 radical (unpaired) electrons. The summed E-state index contributed by atoms with van der Waals surface area (Å²) in [5, 5.41) is 15.1. The lowest BCUT2D eigenvalue weighted by Gasteiger charge is -2.43. The second kappa shape index (κ2) is 7.35. The Morgan fingerprint density at radius 3 is 2.59 bits per heavy atom. The second-order valence-corrected chi connectivity index (χ2v) is 9.28. The molecule has 29 heavy (non-hydrogen) atoms. The molecular formula is C24H31NO4. The van der Waals surface area contributed by atoms with Gasteiger partial charge in [0, 0.05) is 29.0 Å². The molecule has 2 saturated carbocycles. The Hall–Kier alpha value is -2.01. The predicted molar refractivity (Wildman–Crippen MR) is 111 cm³/mol. The fourth-order valence-electron chi connectivity index (χ4n) is 5.72. The molecule has 1 aromatic carbocycles. The smallest absolute Gasteiger partial charge is 0.287 e. The third kappa shape index (κ3) is 3.33. The number of ether oxygens (including phenoxy) is 1. The van der Waals surface area contributed by atoms with E-state index in [1.165, 1.54) is 25.7 Å². The van der Waals surface area contributed by atoms with Gasteiger partial charge in [0.1, 0.15) is 16.9 Å². The predicted octanol–water partition coefficient (Wildman–Crippen LogP) is 5.32. The van der Waals surface area contributed by atoms with Crippen LogP contribution >= 0.6 is 0 Å². The third-order valence-electron chi connectivity index (χ3n) is 7.23. The summed E-state index contributed by atoms with van der Waals surface area (Å²) in [6, 6.07) is 4.02. The van der Waals surface area contributed by atoms with Gasteiger partial charge in [-0.15, -0.1) is 0 Å². The second-order valence-electron chi connectivity index (χ2n) is 9.28. The summed E-state index contributed by atoms with van der Waals surface area (Å²) in [5.41, 5.74) is 2.00. The lowest BCUT2D eigenvalue weighted by atomic mass is 9.77. The first-order chi connectivity index (χ1) is 14.1. The molecule has 2 heterocycles. The van der Waals surface area contributed by atoms with Gasteiger partial charge in [-0.05, 0) is 57.6 Å². The van der Waals surface area contributed by atoms with Crippen LogP contribution < -0.4 is 10.1 Å². The molecule has 2 aliphatic carbocycles. The topological polar surface area (TPSA) is 71.7 Å². The molecule has 1 spiro atoms. The van der Waals surface area contributed by atoms with Crippen LogP contribution in [-0.4, -0.2) is 22.7 Å². The first-order valence-corrected chi connectivity index (χ1v) is 11.3. The van der Waals surface area contributed by atoms with Crippen LogP contribution in [0.4, 0.5) is 0 Å². The van der Waals surface area contributed by atoms with Crippen molar-refractivity contribution in [3.05, 3.63) is 29.0 Å². The number of fused-ring (bicyclic) bond motifs is 3. The summed E-state index contributed by atoms with van der Waals surface area (Å²) in [7, 11) is 0. The summed E-state index contributed by atoms with van der Waals surface area (Å²) in [4.78, 5) is 12.9. The minimum Gasteiger partial charge on any atom is -0.487 e. The van der Waals surface area contributed by atoms with Crippen molar-refractivity contribution < 1.29 is 19.1 Å². The molecule has 1 amide bonds. The highest BCUT2D eigenvalue weighted by atomic mass is 16.5. The van der Waals surface area contributed by atoms with E-state index >= 15 is 0 Å². The third-order valence-corrected chi connectivity index (χ3v) is 7.23. The van der Waals surface area contributed by atoms with Gasteiger partial charge in [0.05, 0.1) is 6.10 Å². The van der Waals surface area contributed by atoms with Gasteiger partial charge in [0.25, 0.3) is 5.91 Å². The van der Waals surface area contributed by atoms with Crippen LogP contribution in [0.25, 0.3) is 11.0 Å². The number of hydrogen-bond donors (Lipinski definition) is 2. The summed E-state index contributed by atoms with van der Waals surface area (Å²) in [6.45, 7) is 1.92. The molecule has 0 saturated heterocycles. The molecule has 1 aromatic heterocycles. The van der Waals surface area contributed by atoms with Gasteiger partial charge in [0.2, 0.25) is 0 Å². The number of aliphatic hydroxyl groups is 1. The number of nitrogens with one attached hydrogen (secondary N) is 1. The maximum atomic E-state index is 12.9. The van der Waals surface area contributed by atoms with E-state index in [-0.39, 0.29) is 17.6 Å². The maximum Gasteiger partial charge on any atom is 0.287 e. The molecule has 0 unspecified atom stereocenters. The van der Waals surface area contributed by atoms with Gasteiger partial charge in [0.15, 0.2) is 5.76 Å². The molecule has 1 atom stereocenters. The molecule has 3 aliphatic rings. The number of carbonyl (C=O) groups is 1. The van der Waals surface area contributed by atoms with E-state index in [2.05, 4.69) is 5.32 Å². The van der Waals surface area contributed by atoms with Crippen molar-refractivity contribution >= 4 is 16.9 Å². The Balaban J connectivity index is 1.48. The zero-order chi connectivity index (χ0) is 20.0. The number of rotatable bonds is 2. The van der Waals surface area contributed by atoms with Crippen LogP contribution in [0.2, 0.25) is 0 Å². The Kier molecular flexibility index (Phi) is 4.81. The number of benzene rings is 1. The van der Waals surface area contributed by atoms with Gasteiger partial charge < -0.3 is 19.6 Å². The van der Waals surface area contributed by atoms with Crippen molar-refractivity contribution in [2.24, 2.45) is 0 Å². The molecule has 156 valence electrons. The van der Waals surface area contributed by atoms with Crippen molar-refractivity contribution in [1.29, 1.82) is 0 Å². The highest BCUT2D eigenvalue weighted by Gasteiger charge is 2.42. The molecular weight excluding hydrogens is 366 g/mol. The molecule has 5 rings (SSSR count). The van der Waals surface area contributed by atoms with Crippen molar-refractivity contribution in [1.82, 2.24) is 5.32 Å². The van der Waals surface area contributed by atoms with Crippen LogP contribution in [0.15, 0.2) is 16.5 Å². The molecule has 2 N–H and O–H groups in total. The van der Waals surface area contributed by atoms with Gasteiger partial charge in [-0.1, -0.05) is 25.7 Å². The van der Waals surface area contributed by atoms with E-state index in [9.17, 15) is 9.90 Å². The summed E-state index contributed by atoms with van der Waals surface area (Å²) in [5.74, 6) is 0.972. The zero-order valence-electron chi connectivity index (χ0n) is 17.3. The minimum absolute atomic E-state index is 0.144. The van der Waals surface area contributed by atoms with Gasteiger partial charge in [-0.25, -0.2) is 0 Å². The van der Waals surface area contributed by atoms with E-state index in [1.807, 2.05) is 19.1 Å². The molecule has 2 aromatic rings. The SMILES string of the molecule is Cc1c(C(=O)NC2CCCCC2)oc2ccc3c(c12)[C@H](O)CC1(CCCCC1)O3. The molecule has 5 heteroatoms. The standard InChI is InChI=1S/C24H31NO4/c1-15-20-18(28-22(15)23(27)25-16-8-4-2-5-9-16)10-11-19-21(20)17(26)14-24(29-19)12-6-3-7-13-24/h10-11,16-17,26H,2-9,12-14H2,1H3,(H,25,27)/t17-/m1/s1. The number of amides is 1. The molecule has 1 aliphatic heterocycles. The lowest BCUT2D eigenvalue weighted by Crippen LogP contribution is -2.42. The average molecular weight is 398 g/mol. The fraction of sp³-hybridized carbons (Fsp3) is 0.625. The zero-order valence-corrected chi connectivity index (χ0v) is 17.3. The normalized spacial score (nSPS) is 24.3. The van der Waals surface area contributed by atoms with Crippen LogP contribution in [-0.2, 0) is 0 Å². The summed E-state index contributed by atoms with van der Waals surface area (Å²) < 4.78 is 12.5. The first-order valence-electron chi connectivity index (χ1n) is 11.3. The van der Waals surface area contributed by atoms with Crippen LogP contribution in [0, 0.1) is 6.92 Å². The van der Waals surface area contributed by atoms with Crippen molar-refractivity contribution in [3.63, 3.8) is 0 Å². The number of hydrogen-bond acceptors (Lipinski definition) is 4. The molecule has 5 nitrogen and oxygen atoms in total. The number of aliphatic hydroxyl groups excluding tert-OH is 1. The van der Waals surface area contributed by atoms with Crippen LogP contribution in [0.1, 0.15) is 98.4 Å². The van der Waals surface area contributed by atoms with Crippen molar-refractivity contribution in [2.45, 2.75) is 95.3 Å². The average Bonchev–Trinajstić information content (AvgIpc) is 3.06. The van der Waals surface area contributed by atoms with E-state index in [1.54, 1.807) is 0 Å². The Bertz CT molecular complexity index is 919. The quantitative estimate of drug-likeness (QED) is 0.719. The summed E-state index contributed by atoms with van der Waals surface area (Å²) in [6.07, 6.45) is 11.2. The van der Waals surface area contributed by atoms with E-state index in [4.69, 9.17) is 9.15 Å². The van der Waals surface area contributed by atoms with Gasteiger partial charge >= 0.3 is 0 Å². The Morgan fingerprint density at radius 2 is 1.83 bits per heavy atom. The Morgan fingerprint density at radius 1 is 1.10 bits per heavy atom.